The number of nitrogens with zero attached hydrogens (tertiary/aromatic N) is 1. The van der Waals surface area contributed by atoms with Crippen LogP contribution in [-0.2, 0) is 9.53 Å². The van der Waals surface area contributed by atoms with Gasteiger partial charge in [0.15, 0.2) is 0 Å². The number of likely N-dealkylation sites (tertiary alicyclic amines) is 1. The first-order valence-corrected chi connectivity index (χ1v) is 7.32. The summed E-state index contributed by atoms with van der Waals surface area (Å²) in [6.45, 7) is 8.73. The third kappa shape index (κ3) is 3.23. The number of ether oxygens (including phenoxy) is 1. The van der Waals surface area contributed by atoms with Crippen LogP contribution in [0.1, 0.15) is 33.1 Å². The number of piperidine rings is 1. The highest BCUT2D eigenvalue weighted by molar-refractivity contribution is 5.79. The maximum atomic E-state index is 12.4. The molecule has 2 aliphatic heterocycles. The molecule has 0 saturated carbocycles. The van der Waals surface area contributed by atoms with Gasteiger partial charge in [-0.1, -0.05) is 13.8 Å². The van der Waals surface area contributed by atoms with Gasteiger partial charge in [0.05, 0.1) is 0 Å². The molecule has 4 heteroatoms. The number of nitrogens with one attached hydrogen (secondary N) is 1. The van der Waals surface area contributed by atoms with Gasteiger partial charge in [-0.2, -0.15) is 0 Å². The lowest BCUT2D eigenvalue weighted by molar-refractivity contribution is -0.140. The SMILES string of the molecule is CCNC1CCN(C(=O)C2CCOCC2)CC1C. The molecule has 4 nitrogen and oxygen atoms in total. The molecule has 0 aliphatic carbocycles. The molecule has 0 aromatic carbocycles. The Labute approximate surface area is 110 Å². The summed E-state index contributed by atoms with van der Waals surface area (Å²) < 4.78 is 5.33. The van der Waals surface area contributed by atoms with Gasteiger partial charge in [0.1, 0.15) is 0 Å². The molecule has 0 spiro atoms. The monoisotopic (exact) mass is 254 g/mol. The first-order chi connectivity index (χ1) is 8.72. The van der Waals surface area contributed by atoms with Crippen LogP contribution < -0.4 is 5.32 Å². The number of rotatable bonds is 3. The van der Waals surface area contributed by atoms with Crippen LogP contribution in [0.4, 0.5) is 0 Å². The van der Waals surface area contributed by atoms with Crippen molar-refractivity contribution in [1.29, 1.82) is 0 Å². The van der Waals surface area contributed by atoms with Gasteiger partial charge in [-0.05, 0) is 31.7 Å². The molecule has 2 aliphatic rings. The zero-order chi connectivity index (χ0) is 13.0. The van der Waals surface area contributed by atoms with Crippen LogP contribution >= 0.6 is 0 Å². The van der Waals surface area contributed by atoms with E-state index >= 15 is 0 Å². The van der Waals surface area contributed by atoms with Crippen LogP contribution in [-0.4, -0.2) is 49.7 Å². The van der Waals surface area contributed by atoms with Crippen molar-refractivity contribution in [3.05, 3.63) is 0 Å². The molecule has 1 amide bonds. The Kier molecular flexibility index (Phi) is 5.01. The predicted octanol–water partition coefficient (Wildman–Crippen LogP) is 1.26. The Morgan fingerprint density at radius 1 is 1.33 bits per heavy atom. The van der Waals surface area contributed by atoms with Crippen LogP contribution in [0.3, 0.4) is 0 Å². The summed E-state index contributed by atoms with van der Waals surface area (Å²) in [7, 11) is 0. The Hall–Kier alpha value is -0.610. The molecule has 2 atom stereocenters. The molecule has 2 saturated heterocycles. The lowest BCUT2D eigenvalue weighted by atomic mass is 9.91. The van der Waals surface area contributed by atoms with E-state index in [1.54, 1.807) is 0 Å². The summed E-state index contributed by atoms with van der Waals surface area (Å²) in [5, 5.41) is 3.52. The zero-order valence-corrected chi connectivity index (χ0v) is 11.7. The Morgan fingerprint density at radius 2 is 2.06 bits per heavy atom. The number of hydrogen-bond donors (Lipinski definition) is 1. The molecule has 0 aromatic heterocycles. The second-order valence-electron chi connectivity index (χ2n) is 5.60. The van der Waals surface area contributed by atoms with Gasteiger partial charge in [-0.25, -0.2) is 0 Å². The van der Waals surface area contributed by atoms with Crippen molar-refractivity contribution < 1.29 is 9.53 Å². The highest BCUT2D eigenvalue weighted by atomic mass is 16.5. The molecule has 0 bridgehead atoms. The van der Waals surface area contributed by atoms with Crippen LogP contribution in [0.25, 0.3) is 0 Å². The van der Waals surface area contributed by atoms with Gasteiger partial charge < -0.3 is 15.0 Å². The van der Waals surface area contributed by atoms with E-state index in [1.807, 2.05) is 0 Å². The zero-order valence-electron chi connectivity index (χ0n) is 11.7. The van der Waals surface area contributed by atoms with Gasteiger partial charge in [-0.15, -0.1) is 0 Å². The average molecular weight is 254 g/mol. The summed E-state index contributed by atoms with van der Waals surface area (Å²) >= 11 is 0. The molecular weight excluding hydrogens is 228 g/mol. The molecule has 0 aromatic rings. The summed E-state index contributed by atoms with van der Waals surface area (Å²) in [4.78, 5) is 14.5. The van der Waals surface area contributed by atoms with Crippen molar-refractivity contribution in [2.24, 2.45) is 11.8 Å². The van der Waals surface area contributed by atoms with Crippen molar-refractivity contribution in [3.63, 3.8) is 0 Å². The topological polar surface area (TPSA) is 41.6 Å². The maximum absolute atomic E-state index is 12.4. The number of carbonyl (C=O) groups excluding carboxylic acids is 1. The van der Waals surface area contributed by atoms with Crippen molar-refractivity contribution in [3.8, 4) is 0 Å². The molecule has 2 fully saturated rings. The second-order valence-corrected chi connectivity index (χ2v) is 5.60. The fourth-order valence-corrected chi connectivity index (χ4v) is 3.11. The molecule has 104 valence electrons. The maximum Gasteiger partial charge on any atom is 0.225 e. The molecule has 2 heterocycles. The highest BCUT2D eigenvalue weighted by Crippen LogP contribution is 2.22. The normalized spacial score (nSPS) is 30.4. The van der Waals surface area contributed by atoms with E-state index in [-0.39, 0.29) is 5.92 Å². The van der Waals surface area contributed by atoms with Crippen LogP contribution in [0.5, 0.6) is 0 Å². The first-order valence-electron chi connectivity index (χ1n) is 7.32. The van der Waals surface area contributed by atoms with Gasteiger partial charge >= 0.3 is 0 Å². The lowest BCUT2D eigenvalue weighted by Crippen LogP contribution is -2.51. The van der Waals surface area contributed by atoms with E-state index in [1.165, 1.54) is 0 Å². The Balaban J connectivity index is 1.85. The van der Waals surface area contributed by atoms with Crippen LogP contribution in [0.2, 0.25) is 0 Å². The summed E-state index contributed by atoms with van der Waals surface area (Å²) in [6, 6.07) is 0.578. The van der Waals surface area contributed by atoms with E-state index in [0.29, 0.717) is 17.9 Å². The minimum Gasteiger partial charge on any atom is -0.381 e. The van der Waals surface area contributed by atoms with Crippen molar-refractivity contribution >= 4 is 5.91 Å². The van der Waals surface area contributed by atoms with Gasteiger partial charge in [-0.3, -0.25) is 4.79 Å². The van der Waals surface area contributed by atoms with Crippen molar-refractivity contribution in [2.75, 3.05) is 32.8 Å². The smallest absolute Gasteiger partial charge is 0.225 e. The van der Waals surface area contributed by atoms with Crippen molar-refractivity contribution in [2.45, 2.75) is 39.2 Å². The van der Waals surface area contributed by atoms with E-state index in [4.69, 9.17) is 4.74 Å². The fourth-order valence-electron chi connectivity index (χ4n) is 3.11. The van der Waals surface area contributed by atoms with Gasteiger partial charge in [0, 0.05) is 38.3 Å². The standard InChI is InChI=1S/C14H26N2O2/c1-3-15-13-4-7-16(10-11(13)2)14(17)12-5-8-18-9-6-12/h11-13,15H,3-10H2,1-2H3. The van der Waals surface area contributed by atoms with Gasteiger partial charge in [0.25, 0.3) is 0 Å². The number of amides is 1. The number of hydrogen-bond acceptors (Lipinski definition) is 3. The lowest BCUT2D eigenvalue weighted by Gasteiger charge is -2.39. The minimum atomic E-state index is 0.210. The van der Waals surface area contributed by atoms with Crippen LogP contribution in [0, 0.1) is 11.8 Å². The first kappa shape index (κ1) is 13.8. The van der Waals surface area contributed by atoms with Gasteiger partial charge in [0.2, 0.25) is 5.91 Å². The minimum absolute atomic E-state index is 0.210. The largest absolute Gasteiger partial charge is 0.381 e. The Bertz CT molecular complexity index is 277. The molecule has 2 unspecified atom stereocenters. The van der Waals surface area contributed by atoms with E-state index in [9.17, 15) is 4.79 Å². The summed E-state index contributed by atoms with van der Waals surface area (Å²) in [6.07, 6.45) is 2.89. The molecule has 2 rings (SSSR count). The van der Waals surface area contributed by atoms with E-state index < -0.39 is 0 Å². The van der Waals surface area contributed by atoms with E-state index in [0.717, 1.165) is 52.1 Å². The number of carbonyl (C=O) groups is 1. The van der Waals surface area contributed by atoms with Crippen LogP contribution in [0.15, 0.2) is 0 Å². The quantitative estimate of drug-likeness (QED) is 0.824. The third-order valence-electron chi connectivity index (χ3n) is 4.25. The summed E-state index contributed by atoms with van der Waals surface area (Å²) in [5.74, 6) is 1.13. The second kappa shape index (κ2) is 6.53. The molecule has 18 heavy (non-hydrogen) atoms. The summed E-state index contributed by atoms with van der Waals surface area (Å²) in [5.41, 5.74) is 0. The van der Waals surface area contributed by atoms with Crippen molar-refractivity contribution in [1.82, 2.24) is 10.2 Å². The van der Waals surface area contributed by atoms with E-state index in [2.05, 4.69) is 24.1 Å². The fraction of sp³-hybridized carbons (Fsp3) is 0.929. The molecule has 1 N–H and O–H groups in total. The average Bonchev–Trinajstić information content (AvgIpc) is 2.41. The Morgan fingerprint density at radius 3 is 2.67 bits per heavy atom. The third-order valence-corrected chi connectivity index (χ3v) is 4.25. The highest BCUT2D eigenvalue weighted by Gasteiger charge is 2.32. The predicted molar refractivity (Wildman–Crippen MR) is 71.4 cm³/mol. The molecule has 0 radical (unpaired) electrons. The molecular formula is C14H26N2O2.